The molecule has 84 valence electrons. The van der Waals surface area contributed by atoms with Gasteiger partial charge >= 0.3 is 0 Å². The highest BCUT2D eigenvalue weighted by molar-refractivity contribution is 9.10. The molecular formula is C10H15BrN2OS. The van der Waals surface area contributed by atoms with E-state index in [1.54, 1.807) is 18.0 Å². The second-order valence-corrected chi connectivity index (χ2v) is 5.15. The number of anilines is 1. The van der Waals surface area contributed by atoms with Crippen LogP contribution in [0.1, 0.15) is 6.92 Å². The molecule has 0 bridgehead atoms. The maximum atomic E-state index is 9.15. The average molecular weight is 291 g/mol. The molecule has 0 aromatic carbocycles. The summed E-state index contributed by atoms with van der Waals surface area (Å²) in [4.78, 5) is 4.22. The lowest BCUT2D eigenvalue weighted by Gasteiger charge is -2.22. The molecule has 0 aliphatic rings. The van der Waals surface area contributed by atoms with E-state index in [0.29, 0.717) is 0 Å². The number of aliphatic hydroxyl groups excluding tert-OH is 1. The molecule has 0 saturated heterocycles. The van der Waals surface area contributed by atoms with Gasteiger partial charge in [-0.15, -0.1) is 0 Å². The molecule has 0 radical (unpaired) electrons. The number of hydrogen-bond acceptors (Lipinski definition) is 4. The second kappa shape index (κ2) is 6.35. The Morgan fingerprint density at radius 1 is 1.67 bits per heavy atom. The third-order valence-corrected chi connectivity index (χ3v) is 3.97. The number of aromatic nitrogens is 1. The summed E-state index contributed by atoms with van der Waals surface area (Å²) in [6.07, 6.45) is 3.74. The fraction of sp³-hybridized carbons (Fsp3) is 0.500. The van der Waals surface area contributed by atoms with Crippen LogP contribution < -0.4 is 5.32 Å². The van der Waals surface area contributed by atoms with E-state index in [9.17, 15) is 0 Å². The highest BCUT2D eigenvalue weighted by Crippen LogP contribution is 2.21. The summed E-state index contributed by atoms with van der Waals surface area (Å²) in [7, 11) is 0. The first kappa shape index (κ1) is 12.8. The average Bonchev–Trinajstić information content (AvgIpc) is 2.23. The van der Waals surface area contributed by atoms with Crippen molar-refractivity contribution in [3.63, 3.8) is 0 Å². The predicted octanol–water partition coefficient (Wildman–Crippen LogP) is 2.37. The fourth-order valence-electron chi connectivity index (χ4n) is 1.24. The Bertz CT molecular complexity index is 307. The zero-order chi connectivity index (χ0) is 11.3. The van der Waals surface area contributed by atoms with Gasteiger partial charge in [0.15, 0.2) is 0 Å². The summed E-state index contributed by atoms with van der Waals surface area (Å²) in [6.45, 7) is 2.21. The Balaban J connectivity index is 2.65. The minimum Gasteiger partial charge on any atom is -0.395 e. The summed E-state index contributed by atoms with van der Waals surface area (Å²) < 4.78 is 0.939. The predicted molar refractivity (Wildman–Crippen MR) is 69.4 cm³/mol. The Morgan fingerprint density at radius 2 is 2.40 bits per heavy atom. The van der Waals surface area contributed by atoms with Crippen molar-refractivity contribution in [2.24, 2.45) is 0 Å². The van der Waals surface area contributed by atoms with Crippen molar-refractivity contribution < 1.29 is 5.11 Å². The van der Waals surface area contributed by atoms with Crippen LogP contribution in [0.4, 0.5) is 5.82 Å². The molecule has 0 aliphatic heterocycles. The number of rotatable bonds is 5. The van der Waals surface area contributed by atoms with Crippen LogP contribution in [0.2, 0.25) is 0 Å². The standard InChI is InChI=1S/C10H15BrN2OS/c1-7(9(6-14)15-2)13-10-8(11)4-3-5-12-10/h3-5,7,9,14H,6H2,1-2H3,(H,12,13). The second-order valence-electron chi connectivity index (χ2n) is 3.22. The lowest BCUT2D eigenvalue weighted by Crippen LogP contribution is -2.31. The molecule has 0 saturated carbocycles. The van der Waals surface area contributed by atoms with Gasteiger partial charge in [0.2, 0.25) is 0 Å². The van der Waals surface area contributed by atoms with Crippen molar-refractivity contribution in [2.75, 3.05) is 18.2 Å². The van der Waals surface area contributed by atoms with E-state index in [2.05, 4.69) is 26.2 Å². The zero-order valence-electron chi connectivity index (χ0n) is 8.77. The maximum absolute atomic E-state index is 9.15. The van der Waals surface area contributed by atoms with Crippen molar-refractivity contribution in [2.45, 2.75) is 18.2 Å². The van der Waals surface area contributed by atoms with Gasteiger partial charge in [0.25, 0.3) is 0 Å². The smallest absolute Gasteiger partial charge is 0.140 e. The monoisotopic (exact) mass is 290 g/mol. The molecule has 0 aliphatic carbocycles. The molecule has 1 aromatic rings. The lowest BCUT2D eigenvalue weighted by molar-refractivity contribution is 0.288. The van der Waals surface area contributed by atoms with E-state index < -0.39 is 0 Å². The largest absolute Gasteiger partial charge is 0.395 e. The molecule has 3 nitrogen and oxygen atoms in total. The van der Waals surface area contributed by atoms with E-state index in [0.717, 1.165) is 10.3 Å². The number of aliphatic hydroxyl groups is 1. The highest BCUT2D eigenvalue weighted by atomic mass is 79.9. The van der Waals surface area contributed by atoms with Gasteiger partial charge in [-0.05, 0) is 41.2 Å². The molecular weight excluding hydrogens is 276 g/mol. The Morgan fingerprint density at radius 3 is 2.93 bits per heavy atom. The van der Waals surface area contributed by atoms with Crippen LogP contribution in [-0.2, 0) is 0 Å². The number of thioether (sulfide) groups is 1. The minimum atomic E-state index is 0.166. The lowest BCUT2D eigenvalue weighted by atomic mass is 10.2. The van der Waals surface area contributed by atoms with E-state index in [1.807, 2.05) is 25.3 Å². The minimum absolute atomic E-state index is 0.166. The van der Waals surface area contributed by atoms with Crippen molar-refractivity contribution >= 4 is 33.5 Å². The van der Waals surface area contributed by atoms with Crippen molar-refractivity contribution in [1.29, 1.82) is 0 Å². The van der Waals surface area contributed by atoms with Crippen molar-refractivity contribution in [1.82, 2.24) is 4.98 Å². The topological polar surface area (TPSA) is 45.1 Å². The number of nitrogens with zero attached hydrogens (tertiary/aromatic N) is 1. The summed E-state index contributed by atoms with van der Waals surface area (Å²) in [5, 5.41) is 12.6. The third kappa shape index (κ3) is 3.66. The molecule has 5 heteroatoms. The van der Waals surface area contributed by atoms with Gasteiger partial charge in [0, 0.05) is 17.5 Å². The first-order valence-corrected chi connectivity index (χ1v) is 6.77. The number of halogens is 1. The fourth-order valence-corrected chi connectivity index (χ4v) is 2.23. The van der Waals surface area contributed by atoms with Crippen LogP contribution in [0.15, 0.2) is 22.8 Å². The first-order valence-electron chi connectivity index (χ1n) is 4.69. The van der Waals surface area contributed by atoms with E-state index in [1.165, 1.54) is 0 Å². The van der Waals surface area contributed by atoms with Crippen molar-refractivity contribution in [3.8, 4) is 0 Å². The molecule has 15 heavy (non-hydrogen) atoms. The van der Waals surface area contributed by atoms with Crippen LogP contribution >= 0.6 is 27.7 Å². The molecule has 1 heterocycles. The number of nitrogens with one attached hydrogen (secondary N) is 1. The number of hydrogen-bond donors (Lipinski definition) is 2. The van der Waals surface area contributed by atoms with E-state index >= 15 is 0 Å². The van der Waals surface area contributed by atoms with Gasteiger partial charge in [-0.25, -0.2) is 4.98 Å². The first-order chi connectivity index (χ1) is 7.19. The Labute approximate surface area is 103 Å². The van der Waals surface area contributed by atoms with Crippen LogP contribution in [-0.4, -0.2) is 34.2 Å². The molecule has 1 aromatic heterocycles. The molecule has 2 atom stereocenters. The van der Waals surface area contributed by atoms with Crippen LogP contribution in [0.3, 0.4) is 0 Å². The highest BCUT2D eigenvalue weighted by Gasteiger charge is 2.15. The van der Waals surface area contributed by atoms with Gasteiger partial charge in [-0.3, -0.25) is 0 Å². The molecule has 0 fully saturated rings. The van der Waals surface area contributed by atoms with E-state index in [4.69, 9.17) is 5.11 Å². The SMILES string of the molecule is CSC(CO)C(C)Nc1ncccc1Br. The van der Waals surface area contributed by atoms with E-state index in [-0.39, 0.29) is 17.9 Å². The quantitative estimate of drug-likeness (QED) is 0.874. The van der Waals surface area contributed by atoms with Gasteiger partial charge in [-0.1, -0.05) is 0 Å². The number of pyridine rings is 1. The molecule has 0 amide bonds. The third-order valence-electron chi connectivity index (χ3n) is 2.16. The molecule has 0 spiro atoms. The summed E-state index contributed by atoms with van der Waals surface area (Å²) >= 11 is 5.07. The summed E-state index contributed by atoms with van der Waals surface area (Å²) in [5.41, 5.74) is 0. The maximum Gasteiger partial charge on any atom is 0.140 e. The van der Waals surface area contributed by atoms with Gasteiger partial charge in [-0.2, -0.15) is 11.8 Å². The molecule has 2 unspecified atom stereocenters. The Kier molecular flexibility index (Phi) is 5.42. The van der Waals surface area contributed by atoms with Crippen LogP contribution in [0, 0.1) is 0 Å². The normalized spacial score (nSPS) is 14.7. The van der Waals surface area contributed by atoms with Crippen molar-refractivity contribution in [3.05, 3.63) is 22.8 Å². The summed E-state index contributed by atoms with van der Waals surface area (Å²) in [6, 6.07) is 3.99. The van der Waals surface area contributed by atoms with Gasteiger partial charge in [0.05, 0.1) is 11.1 Å². The van der Waals surface area contributed by atoms with Gasteiger partial charge < -0.3 is 10.4 Å². The van der Waals surface area contributed by atoms with Gasteiger partial charge in [0.1, 0.15) is 5.82 Å². The van der Waals surface area contributed by atoms with Crippen LogP contribution in [0.5, 0.6) is 0 Å². The molecule has 2 N–H and O–H groups in total. The zero-order valence-corrected chi connectivity index (χ0v) is 11.2. The Hall–Kier alpha value is -0.260. The summed E-state index contributed by atoms with van der Waals surface area (Å²) in [5.74, 6) is 0.817. The molecule has 1 rings (SSSR count). The van der Waals surface area contributed by atoms with Crippen LogP contribution in [0.25, 0.3) is 0 Å².